The quantitative estimate of drug-likeness (QED) is 0.310. The van der Waals surface area contributed by atoms with Gasteiger partial charge in [-0.05, 0) is 48.4 Å². The second-order valence-corrected chi connectivity index (χ2v) is 8.27. The third kappa shape index (κ3) is 5.35. The minimum atomic E-state index is -0.116. The van der Waals surface area contributed by atoms with Crippen molar-refractivity contribution in [1.82, 2.24) is 24.7 Å². The maximum atomic E-state index is 12.6. The molecule has 0 fully saturated rings. The number of methoxy groups -OCH3 is 2. The number of amides is 1. The van der Waals surface area contributed by atoms with Crippen molar-refractivity contribution in [3.8, 4) is 22.8 Å². The van der Waals surface area contributed by atoms with Crippen molar-refractivity contribution in [3.63, 3.8) is 0 Å². The highest BCUT2D eigenvalue weighted by molar-refractivity contribution is 5.94. The van der Waals surface area contributed by atoms with Crippen molar-refractivity contribution < 1.29 is 14.3 Å². The minimum Gasteiger partial charge on any atom is -0.493 e. The van der Waals surface area contributed by atoms with E-state index in [1.54, 1.807) is 44.9 Å². The van der Waals surface area contributed by atoms with Gasteiger partial charge in [-0.3, -0.25) is 9.78 Å². The highest BCUT2D eigenvalue weighted by Gasteiger charge is 2.12. The summed E-state index contributed by atoms with van der Waals surface area (Å²) in [5, 5.41) is 6.30. The van der Waals surface area contributed by atoms with Crippen molar-refractivity contribution in [2.45, 2.75) is 6.42 Å². The molecule has 0 bridgehead atoms. The molecule has 0 unspecified atom stereocenters. The van der Waals surface area contributed by atoms with Crippen molar-refractivity contribution >= 4 is 23.1 Å². The SMILES string of the molecule is COc1ccc(Nc2nc(-c3ccc(C(=O)NCCc4ccncc4)cc3)cn3ccnc23)cc1OC. The van der Waals surface area contributed by atoms with Gasteiger partial charge in [0, 0.05) is 60.4 Å². The molecule has 3 heterocycles. The van der Waals surface area contributed by atoms with Crippen LogP contribution in [0.3, 0.4) is 0 Å². The fourth-order valence-electron chi connectivity index (χ4n) is 3.97. The van der Waals surface area contributed by atoms with Crippen LogP contribution in [-0.4, -0.2) is 46.0 Å². The number of carbonyl (C=O) groups excluding carboxylic acids is 1. The summed E-state index contributed by atoms with van der Waals surface area (Å²) in [6, 6.07) is 16.8. The van der Waals surface area contributed by atoms with Gasteiger partial charge in [-0.15, -0.1) is 0 Å². The Morgan fingerprint density at radius 1 is 0.946 bits per heavy atom. The fourth-order valence-corrected chi connectivity index (χ4v) is 3.97. The number of nitrogens with zero attached hydrogens (tertiary/aromatic N) is 4. The lowest BCUT2D eigenvalue weighted by atomic mass is 10.1. The first-order chi connectivity index (χ1) is 18.1. The molecule has 2 N–H and O–H groups in total. The normalized spacial score (nSPS) is 10.8. The second-order valence-electron chi connectivity index (χ2n) is 8.27. The number of anilines is 2. The van der Waals surface area contributed by atoms with Crippen LogP contribution in [0.5, 0.6) is 11.5 Å². The Hall–Kier alpha value is -4.92. The first kappa shape index (κ1) is 23.8. The molecule has 0 aliphatic rings. The first-order valence-corrected chi connectivity index (χ1v) is 11.7. The Kier molecular flexibility index (Phi) is 6.93. The summed E-state index contributed by atoms with van der Waals surface area (Å²) in [7, 11) is 3.19. The van der Waals surface area contributed by atoms with Gasteiger partial charge in [0.1, 0.15) is 0 Å². The Balaban J connectivity index is 1.34. The van der Waals surface area contributed by atoms with Gasteiger partial charge in [0.15, 0.2) is 23.0 Å². The molecule has 3 aromatic heterocycles. The number of aromatic nitrogens is 4. The smallest absolute Gasteiger partial charge is 0.251 e. The molecule has 9 nitrogen and oxygen atoms in total. The van der Waals surface area contributed by atoms with E-state index in [1.165, 1.54) is 0 Å². The molecule has 0 radical (unpaired) electrons. The number of pyridine rings is 1. The lowest BCUT2D eigenvalue weighted by Gasteiger charge is -2.13. The molecular formula is C28H26N6O3. The number of imidazole rings is 1. The molecule has 37 heavy (non-hydrogen) atoms. The molecule has 0 aliphatic heterocycles. The molecule has 0 atom stereocenters. The van der Waals surface area contributed by atoms with Gasteiger partial charge in [0.25, 0.3) is 5.91 Å². The van der Waals surface area contributed by atoms with E-state index in [4.69, 9.17) is 14.5 Å². The standard InChI is InChI=1S/C28H26N6O3/c1-36-24-8-7-22(17-25(24)37-2)32-26-27-30-15-16-34(27)18-23(33-26)20-3-5-21(6-4-20)28(35)31-14-11-19-9-12-29-13-10-19/h3-10,12-13,15-18H,11,14H2,1-2H3,(H,31,35)(H,32,33). The lowest BCUT2D eigenvalue weighted by molar-refractivity contribution is 0.0954. The molecular weight excluding hydrogens is 468 g/mol. The van der Waals surface area contributed by atoms with Gasteiger partial charge in [0.2, 0.25) is 0 Å². The molecule has 5 rings (SSSR count). The maximum Gasteiger partial charge on any atom is 0.251 e. The monoisotopic (exact) mass is 494 g/mol. The van der Waals surface area contributed by atoms with Crippen LogP contribution in [0.1, 0.15) is 15.9 Å². The van der Waals surface area contributed by atoms with Crippen LogP contribution in [0, 0.1) is 0 Å². The van der Waals surface area contributed by atoms with Gasteiger partial charge in [0.05, 0.1) is 19.9 Å². The van der Waals surface area contributed by atoms with Crippen LogP contribution in [0.15, 0.2) is 85.6 Å². The van der Waals surface area contributed by atoms with Crippen LogP contribution < -0.4 is 20.1 Å². The zero-order valence-electron chi connectivity index (χ0n) is 20.5. The Labute approximate surface area is 214 Å². The summed E-state index contributed by atoms with van der Waals surface area (Å²) < 4.78 is 12.7. The number of rotatable bonds is 9. The van der Waals surface area contributed by atoms with E-state index in [-0.39, 0.29) is 5.91 Å². The van der Waals surface area contributed by atoms with Crippen LogP contribution in [-0.2, 0) is 6.42 Å². The largest absolute Gasteiger partial charge is 0.493 e. The van der Waals surface area contributed by atoms with Gasteiger partial charge < -0.3 is 24.5 Å². The van der Waals surface area contributed by atoms with Crippen molar-refractivity contribution in [1.29, 1.82) is 0 Å². The Morgan fingerprint density at radius 3 is 2.49 bits per heavy atom. The summed E-state index contributed by atoms with van der Waals surface area (Å²) in [5.74, 6) is 1.72. The molecule has 9 heteroatoms. The molecule has 186 valence electrons. The molecule has 5 aromatic rings. The van der Waals surface area contributed by atoms with Gasteiger partial charge >= 0.3 is 0 Å². The molecule has 2 aromatic carbocycles. The average molecular weight is 495 g/mol. The van der Waals surface area contributed by atoms with Crippen LogP contribution in [0.2, 0.25) is 0 Å². The molecule has 1 amide bonds. The van der Waals surface area contributed by atoms with E-state index in [2.05, 4.69) is 20.6 Å². The van der Waals surface area contributed by atoms with Crippen LogP contribution in [0.25, 0.3) is 16.9 Å². The zero-order chi connectivity index (χ0) is 25.6. The van der Waals surface area contributed by atoms with Gasteiger partial charge in [-0.1, -0.05) is 12.1 Å². The second kappa shape index (κ2) is 10.8. The van der Waals surface area contributed by atoms with E-state index in [1.807, 2.05) is 59.3 Å². The summed E-state index contributed by atoms with van der Waals surface area (Å²) >= 11 is 0. The molecule has 0 saturated carbocycles. The number of ether oxygens (including phenoxy) is 2. The van der Waals surface area contributed by atoms with Gasteiger partial charge in [-0.2, -0.15) is 0 Å². The average Bonchev–Trinajstić information content (AvgIpc) is 3.43. The highest BCUT2D eigenvalue weighted by Crippen LogP contribution is 2.32. The lowest BCUT2D eigenvalue weighted by Crippen LogP contribution is -2.25. The molecule has 0 saturated heterocycles. The minimum absolute atomic E-state index is 0.116. The van der Waals surface area contributed by atoms with Crippen LogP contribution >= 0.6 is 0 Å². The predicted molar refractivity (Wildman–Crippen MR) is 142 cm³/mol. The number of fused-ring (bicyclic) bond motifs is 1. The molecule has 0 spiro atoms. The fraction of sp³-hybridized carbons (Fsp3) is 0.143. The first-order valence-electron chi connectivity index (χ1n) is 11.7. The third-order valence-electron chi connectivity index (χ3n) is 5.91. The van der Waals surface area contributed by atoms with E-state index in [9.17, 15) is 4.79 Å². The Morgan fingerprint density at radius 2 is 1.73 bits per heavy atom. The number of nitrogens with one attached hydrogen (secondary N) is 2. The van der Waals surface area contributed by atoms with E-state index < -0.39 is 0 Å². The zero-order valence-corrected chi connectivity index (χ0v) is 20.5. The summed E-state index contributed by atoms with van der Waals surface area (Å²) in [4.78, 5) is 25.9. The summed E-state index contributed by atoms with van der Waals surface area (Å²) in [5.41, 5.74) is 4.79. The number of benzene rings is 2. The van der Waals surface area contributed by atoms with E-state index in [0.717, 1.165) is 28.9 Å². The van der Waals surface area contributed by atoms with Crippen molar-refractivity contribution in [2.75, 3.05) is 26.1 Å². The highest BCUT2D eigenvalue weighted by atomic mass is 16.5. The Bertz CT molecular complexity index is 1520. The van der Waals surface area contributed by atoms with Crippen molar-refractivity contribution in [2.24, 2.45) is 0 Å². The number of hydrogen-bond acceptors (Lipinski definition) is 7. The number of carbonyl (C=O) groups is 1. The van der Waals surface area contributed by atoms with E-state index >= 15 is 0 Å². The van der Waals surface area contributed by atoms with Crippen molar-refractivity contribution in [3.05, 3.63) is 96.7 Å². The summed E-state index contributed by atoms with van der Waals surface area (Å²) in [6.45, 7) is 0.550. The topological polar surface area (TPSA) is 103 Å². The van der Waals surface area contributed by atoms with E-state index in [0.29, 0.717) is 35.1 Å². The predicted octanol–water partition coefficient (Wildman–Crippen LogP) is 4.52. The number of hydrogen-bond donors (Lipinski definition) is 2. The summed E-state index contributed by atoms with van der Waals surface area (Å²) in [6.07, 6.45) is 9.74. The van der Waals surface area contributed by atoms with Crippen LogP contribution in [0.4, 0.5) is 11.5 Å². The van der Waals surface area contributed by atoms with Gasteiger partial charge in [-0.25, -0.2) is 9.97 Å². The molecule has 0 aliphatic carbocycles. The third-order valence-corrected chi connectivity index (χ3v) is 5.91. The maximum absolute atomic E-state index is 12.6.